The Morgan fingerprint density at radius 3 is 2.73 bits per heavy atom. The van der Waals surface area contributed by atoms with Gasteiger partial charge in [-0.05, 0) is 12.0 Å². The van der Waals surface area contributed by atoms with Gasteiger partial charge in [0, 0.05) is 10.9 Å². The fourth-order valence-electron chi connectivity index (χ4n) is 1.94. The molecule has 0 amide bonds. The Labute approximate surface area is 87.9 Å². The highest BCUT2D eigenvalue weighted by molar-refractivity contribution is 5.83. The lowest BCUT2D eigenvalue weighted by Gasteiger charge is -2.04. The molecule has 0 saturated carbocycles. The first kappa shape index (κ1) is 10.2. The highest BCUT2D eigenvalue weighted by atomic mass is 19.1. The molecule has 0 saturated heterocycles. The number of rotatable bonds is 2. The molecule has 15 heavy (non-hydrogen) atoms. The average molecular weight is 207 g/mol. The molecule has 2 N–H and O–H groups in total. The maximum atomic E-state index is 13.4. The molecular formula is C12H14FNO. The summed E-state index contributed by atoms with van der Waals surface area (Å²) in [6.45, 7) is 4.41. The van der Waals surface area contributed by atoms with E-state index in [1.54, 1.807) is 6.07 Å². The quantitative estimate of drug-likeness (QED) is 0.821. The van der Waals surface area contributed by atoms with Crippen LogP contribution in [-0.2, 0) is 6.54 Å². The SMILES string of the molecule is CC(C)c1c(CN)oc2c(F)cccc12. The van der Waals surface area contributed by atoms with Crippen molar-refractivity contribution in [1.29, 1.82) is 0 Å². The minimum absolute atomic E-state index is 0.284. The molecule has 1 heterocycles. The van der Waals surface area contributed by atoms with Crippen molar-refractivity contribution in [2.75, 3.05) is 0 Å². The summed E-state index contributed by atoms with van der Waals surface area (Å²) in [6.07, 6.45) is 0. The van der Waals surface area contributed by atoms with E-state index in [0.717, 1.165) is 10.9 Å². The first-order valence-electron chi connectivity index (χ1n) is 5.05. The van der Waals surface area contributed by atoms with E-state index < -0.39 is 0 Å². The third-order valence-electron chi connectivity index (χ3n) is 2.55. The monoisotopic (exact) mass is 207 g/mol. The number of hydrogen-bond acceptors (Lipinski definition) is 2. The first-order chi connectivity index (χ1) is 7.15. The van der Waals surface area contributed by atoms with Crippen molar-refractivity contribution in [3.05, 3.63) is 35.3 Å². The van der Waals surface area contributed by atoms with Gasteiger partial charge in [0.15, 0.2) is 11.4 Å². The molecule has 0 atom stereocenters. The number of nitrogens with two attached hydrogens (primary N) is 1. The fourth-order valence-corrected chi connectivity index (χ4v) is 1.94. The van der Waals surface area contributed by atoms with E-state index in [1.807, 2.05) is 19.9 Å². The van der Waals surface area contributed by atoms with Crippen molar-refractivity contribution in [3.8, 4) is 0 Å². The lowest BCUT2D eigenvalue weighted by Crippen LogP contribution is -1.99. The zero-order valence-corrected chi connectivity index (χ0v) is 8.88. The van der Waals surface area contributed by atoms with Crippen molar-refractivity contribution in [1.82, 2.24) is 0 Å². The molecule has 1 aromatic heterocycles. The Bertz CT molecular complexity index is 488. The van der Waals surface area contributed by atoms with Gasteiger partial charge in [-0.15, -0.1) is 0 Å². The van der Waals surface area contributed by atoms with E-state index in [0.29, 0.717) is 17.9 Å². The van der Waals surface area contributed by atoms with Crippen LogP contribution < -0.4 is 5.73 Å². The highest BCUT2D eigenvalue weighted by Crippen LogP contribution is 2.32. The number of hydrogen-bond donors (Lipinski definition) is 1. The second kappa shape index (κ2) is 3.66. The second-order valence-electron chi connectivity index (χ2n) is 3.91. The van der Waals surface area contributed by atoms with Gasteiger partial charge in [0.1, 0.15) is 5.76 Å². The summed E-state index contributed by atoms with van der Waals surface area (Å²) in [5.74, 6) is 0.644. The van der Waals surface area contributed by atoms with Crippen LogP contribution in [0.2, 0.25) is 0 Å². The normalized spacial score (nSPS) is 11.5. The van der Waals surface area contributed by atoms with Crippen molar-refractivity contribution < 1.29 is 8.81 Å². The van der Waals surface area contributed by atoms with E-state index in [4.69, 9.17) is 10.2 Å². The molecule has 80 valence electrons. The van der Waals surface area contributed by atoms with Crippen LogP contribution in [0.25, 0.3) is 11.0 Å². The van der Waals surface area contributed by atoms with Gasteiger partial charge in [0.05, 0.1) is 6.54 Å². The minimum atomic E-state index is -0.325. The van der Waals surface area contributed by atoms with Crippen molar-refractivity contribution in [2.24, 2.45) is 5.73 Å². The molecule has 0 aliphatic carbocycles. The molecule has 0 radical (unpaired) electrons. The Balaban J connectivity index is 2.80. The Kier molecular flexibility index (Phi) is 2.49. The molecule has 1 aromatic carbocycles. The number of fused-ring (bicyclic) bond motifs is 1. The van der Waals surface area contributed by atoms with Gasteiger partial charge in [-0.2, -0.15) is 0 Å². The molecule has 0 bridgehead atoms. The number of para-hydroxylation sites is 1. The smallest absolute Gasteiger partial charge is 0.170 e. The molecule has 0 unspecified atom stereocenters. The van der Waals surface area contributed by atoms with Crippen LogP contribution in [0.15, 0.2) is 22.6 Å². The summed E-state index contributed by atoms with van der Waals surface area (Å²) in [5.41, 5.74) is 6.93. The fraction of sp³-hybridized carbons (Fsp3) is 0.333. The third kappa shape index (κ3) is 1.53. The number of benzene rings is 1. The molecule has 0 aliphatic rings. The summed E-state index contributed by atoms with van der Waals surface area (Å²) >= 11 is 0. The summed E-state index contributed by atoms with van der Waals surface area (Å²) in [4.78, 5) is 0. The average Bonchev–Trinajstić information content (AvgIpc) is 2.57. The van der Waals surface area contributed by atoms with Gasteiger partial charge in [-0.1, -0.05) is 26.0 Å². The molecule has 0 aliphatic heterocycles. The van der Waals surface area contributed by atoms with Crippen LogP contribution in [0, 0.1) is 5.82 Å². The van der Waals surface area contributed by atoms with Crippen LogP contribution in [0.5, 0.6) is 0 Å². The highest BCUT2D eigenvalue weighted by Gasteiger charge is 2.17. The number of furan rings is 1. The molecule has 2 aromatic rings. The van der Waals surface area contributed by atoms with E-state index in [9.17, 15) is 4.39 Å². The molecule has 0 spiro atoms. The van der Waals surface area contributed by atoms with Crippen molar-refractivity contribution >= 4 is 11.0 Å². The molecule has 0 fully saturated rings. The molecule has 2 rings (SSSR count). The zero-order valence-electron chi connectivity index (χ0n) is 8.88. The van der Waals surface area contributed by atoms with Crippen LogP contribution in [-0.4, -0.2) is 0 Å². The van der Waals surface area contributed by atoms with Crippen molar-refractivity contribution in [2.45, 2.75) is 26.3 Å². The second-order valence-corrected chi connectivity index (χ2v) is 3.91. The van der Waals surface area contributed by atoms with Gasteiger partial charge in [-0.25, -0.2) is 4.39 Å². The Morgan fingerprint density at radius 1 is 1.40 bits per heavy atom. The van der Waals surface area contributed by atoms with Gasteiger partial charge >= 0.3 is 0 Å². The molecule has 2 nitrogen and oxygen atoms in total. The zero-order chi connectivity index (χ0) is 11.0. The Morgan fingerprint density at radius 2 is 2.13 bits per heavy atom. The van der Waals surface area contributed by atoms with E-state index in [2.05, 4.69) is 0 Å². The molecular weight excluding hydrogens is 193 g/mol. The van der Waals surface area contributed by atoms with Crippen LogP contribution in [0.3, 0.4) is 0 Å². The largest absolute Gasteiger partial charge is 0.456 e. The van der Waals surface area contributed by atoms with Crippen LogP contribution in [0.4, 0.5) is 4.39 Å². The maximum Gasteiger partial charge on any atom is 0.170 e. The summed E-state index contributed by atoms with van der Waals surface area (Å²) in [7, 11) is 0. The standard InChI is InChI=1S/C12H14FNO/c1-7(2)11-8-4-3-5-9(13)12(8)15-10(11)6-14/h3-5,7H,6,14H2,1-2H3. The molecule has 3 heteroatoms. The van der Waals surface area contributed by atoms with Crippen LogP contribution >= 0.6 is 0 Å². The van der Waals surface area contributed by atoms with E-state index in [1.165, 1.54) is 6.07 Å². The number of halogens is 1. The predicted molar refractivity (Wildman–Crippen MR) is 58.2 cm³/mol. The lowest BCUT2D eigenvalue weighted by molar-refractivity contribution is 0.515. The van der Waals surface area contributed by atoms with E-state index in [-0.39, 0.29) is 11.7 Å². The maximum absolute atomic E-state index is 13.4. The summed E-state index contributed by atoms with van der Waals surface area (Å²) < 4.78 is 18.9. The topological polar surface area (TPSA) is 39.2 Å². The lowest BCUT2D eigenvalue weighted by atomic mass is 9.99. The van der Waals surface area contributed by atoms with Gasteiger partial charge in [0.2, 0.25) is 0 Å². The van der Waals surface area contributed by atoms with E-state index >= 15 is 0 Å². The van der Waals surface area contributed by atoms with Gasteiger partial charge < -0.3 is 10.2 Å². The minimum Gasteiger partial charge on any atom is -0.456 e. The first-order valence-corrected chi connectivity index (χ1v) is 5.05. The van der Waals surface area contributed by atoms with Gasteiger partial charge in [0.25, 0.3) is 0 Å². The summed E-state index contributed by atoms with van der Waals surface area (Å²) in [6, 6.07) is 4.96. The summed E-state index contributed by atoms with van der Waals surface area (Å²) in [5, 5.41) is 0.838. The van der Waals surface area contributed by atoms with Crippen molar-refractivity contribution in [3.63, 3.8) is 0 Å². The Hall–Kier alpha value is -1.35. The van der Waals surface area contributed by atoms with Gasteiger partial charge in [-0.3, -0.25) is 0 Å². The third-order valence-corrected chi connectivity index (χ3v) is 2.55. The predicted octanol–water partition coefficient (Wildman–Crippen LogP) is 3.15. The van der Waals surface area contributed by atoms with Crippen LogP contribution in [0.1, 0.15) is 31.1 Å².